The average molecular weight is 268 g/mol. The van der Waals surface area contributed by atoms with E-state index in [0.29, 0.717) is 5.56 Å². The summed E-state index contributed by atoms with van der Waals surface area (Å²) in [4.78, 5) is 34.3. The normalized spacial score (nSPS) is 10.0. The Balaban J connectivity index is 3.07. The van der Waals surface area contributed by atoms with Crippen molar-refractivity contribution in [1.29, 1.82) is 0 Å². The molecule has 1 rings (SSSR count). The van der Waals surface area contributed by atoms with Crippen LogP contribution in [0.2, 0.25) is 0 Å². The number of carboxylic acid groups (broad SMARTS) is 1. The van der Waals surface area contributed by atoms with Gasteiger partial charge in [0.15, 0.2) is 0 Å². The van der Waals surface area contributed by atoms with Crippen LogP contribution >= 0.6 is 0 Å². The van der Waals surface area contributed by atoms with Gasteiger partial charge in [-0.15, -0.1) is 0 Å². The van der Waals surface area contributed by atoms with Gasteiger partial charge in [0.25, 0.3) is 5.91 Å². The van der Waals surface area contributed by atoms with Crippen LogP contribution in [0.15, 0.2) is 18.2 Å². The molecule has 0 saturated carbocycles. The molecular weight excluding hydrogens is 255 g/mol. The maximum Gasteiger partial charge on any atom is 0.323 e. The highest BCUT2D eigenvalue weighted by Crippen LogP contribution is 2.13. The Kier molecular flexibility index (Phi) is 4.57. The number of carboxylic acids is 1. The minimum absolute atomic E-state index is 0.00231. The fourth-order valence-electron chi connectivity index (χ4n) is 1.55. The van der Waals surface area contributed by atoms with E-state index in [9.17, 15) is 18.8 Å². The molecule has 0 aliphatic carbocycles. The molecule has 0 aliphatic heterocycles. The first kappa shape index (κ1) is 14.6. The van der Waals surface area contributed by atoms with Crippen molar-refractivity contribution in [3.05, 3.63) is 35.1 Å². The Morgan fingerprint density at radius 3 is 2.47 bits per heavy atom. The monoisotopic (exact) mass is 268 g/mol. The molecule has 6 nitrogen and oxygen atoms in total. The first-order valence-electron chi connectivity index (χ1n) is 5.36. The molecule has 0 heterocycles. The summed E-state index contributed by atoms with van der Waals surface area (Å²) in [6.45, 7) is 0.356. The van der Waals surface area contributed by atoms with Crippen molar-refractivity contribution in [3.63, 3.8) is 0 Å². The number of rotatable bonds is 5. The molecule has 0 aromatic heterocycles. The number of benzene rings is 1. The minimum atomic E-state index is -1.29. The highest BCUT2D eigenvalue weighted by molar-refractivity contribution is 5.99. The summed E-state index contributed by atoms with van der Waals surface area (Å²) in [5.41, 5.74) is 5.43. The number of nitrogens with zero attached hydrogens (tertiary/aromatic N) is 1. The van der Waals surface area contributed by atoms with E-state index in [-0.39, 0.29) is 5.56 Å². The van der Waals surface area contributed by atoms with Crippen LogP contribution < -0.4 is 5.73 Å². The number of aliphatic carboxylic acids is 1. The molecule has 0 unspecified atom stereocenters. The summed E-state index contributed by atoms with van der Waals surface area (Å²) >= 11 is 0. The summed E-state index contributed by atoms with van der Waals surface area (Å²) in [5.74, 6) is -3.51. The van der Waals surface area contributed by atoms with Gasteiger partial charge in [0.1, 0.15) is 18.9 Å². The summed E-state index contributed by atoms with van der Waals surface area (Å²) in [6, 6.07) is 3.57. The van der Waals surface area contributed by atoms with Gasteiger partial charge in [0.2, 0.25) is 5.91 Å². The van der Waals surface area contributed by atoms with Crippen LogP contribution in [0.4, 0.5) is 4.39 Å². The number of amides is 2. The molecule has 0 aliphatic rings. The second kappa shape index (κ2) is 5.94. The maximum atomic E-state index is 13.1. The standard InChI is InChI=1S/C12H13FN2O4/c1-7-2-3-8(13)4-9(7)12(19)15(5-10(14)16)6-11(17)18/h2-4H,5-6H2,1H3,(H2,14,16)(H,17,18). The van der Waals surface area contributed by atoms with Gasteiger partial charge in [-0.05, 0) is 24.6 Å². The lowest BCUT2D eigenvalue weighted by molar-refractivity contribution is -0.138. The van der Waals surface area contributed by atoms with Gasteiger partial charge in [-0.25, -0.2) is 4.39 Å². The quantitative estimate of drug-likeness (QED) is 0.793. The number of carbonyl (C=O) groups is 3. The molecule has 102 valence electrons. The second-order valence-corrected chi connectivity index (χ2v) is 3.98. The van der Waals surface area contributed by atoms with Gasteiger partial charge in [-0.2, -0.15) is 0 Å². The number of carbonyl (C=O) groups excluding carboxylic acids is 2. The van der Waals surface area contributed by atoms with E-state index in [4.69, 9.17) is 10.8 Å². The first-order chi connectivity index (χ1) is 8.81. The van der Waals surface area contributed by atoms with E-state index < -0.39 is 36.7 Å². The van der Waals surface area contributed by atoms with Crippen LogP contribution in [0.25, 0.3) is 0 Å². The number of primary amides is 1. The lowest BCUT2D eigenvalue weighted by Gasteiger charge is -2.20. The van der Waals surface area contributed by atoms with Gasteiger partial charge in [-0.3, -0.25) is 14.4 Å². The second-order valence-electron chi connectivity index (χ2n) is 3.98. The third kappa shape index (κ3) is 4.06. The SMILES string of the molecule is Cc1ccc(F)cc1C(=O)N(CC(N)=O)CC(=O)O. The van der Waals surface area contributed by atoms with E-state index in [1.54, 1.807) is 6.92 Å². The molecule has 0 radical (unpaired) electrons. The highest BCUT2D eigenvalue weighted by Gasteiger charge is 2.22. The lowest BCUT2D eigenvalue weighted by atomic mass is 10.1. The Labute approximate surface area is 108 Å². The molecule has 19 heavy (non-hydrogen) atoms. The van der Waals surface area contributed by atoms with Gasteiger partial charge in [0.05, 0.1) is 0 Å². The van der Waals surface area contributed by atoms with Crippen LogP contribution in [-0.2, 0) is 9.59 Å². The van der Waals surface area contributed by atoms with Crippen molar-refractivity contribution in [2.24, 2.45) is 5.73 Å². The third-order valence-electron chi connectivity index (χ3n) is 2.39. The highest BCUT2D eigenvalue weighted by atomic mass is 19.1. The molecule has 1 aromatic carbocycles. The van der Waals surface area contributed by atoms with Crippen LogP contribution in [-0.4, -0.2) is 40.9 Å². The third-order valence-corrected chi connectivity index (χ3v) is 2.39. The fourth-order valence-corrected chi connectivity index (χ4v) is 1.55. The molecular formula is C12H13FN2O4. The maximum absolute atomic E-state index is 13.1. The van der Waals surface area contributed by atoms with Gasteiger partial charge in [0, 0.05) is 5.56 Å². The predicted octanol–water partition coefficient (Wildman–Crippen LogP) is 0.146. The smallest absolute Gasteiger partial charge is 0.323 e. The van der Waals surface area contributed by atoms with Gasteiger partial charge in [-0.1, -0.05) is 6.07 Å². The Hall–Kier alpha value is -2.44. The van der Waals surface area contributed by atoms with Crippen molar-refractivity contribution < 1.29 is 23.9 Å². The molecule has 0 atom stereocenters. The molecule has 7 heteroatoms. The molecule has 0 fully saturated rings. The van der Waals surface area contributed by atoms with Gasteiger partial charge >= 0.3 is 5.97 Å². The Morgan fingerprint density at radius 1 is 1.32 bits per heavy atom. The van der Waals surface area contributed by atoms with Crippen molar-refractivity contribution in [2.75, 3.05) is 13.1 Å². The molecule has 1 aromatic rings. The van der Waals surface area contributed by atoms with Crippen LogP contribution in [0.5, 0.6) is 0 Å². The summed E-state index contributed by atoms with van der Waals surface area (Å²) in [5, 5.41) is 8.70. The Morgan fingerprint density at radius 2 is 1.95 bits per heavy atom. The minimum Gasteiger partial charge on any atom is -0.480 e. The molecule has 2 amide bonds. The largest absolute Gasteiger partial charge is 0.480 e. The number of nitrogens with two attached hydrogens (primary N) is 1. The van der Waals surface area contributed by atoms with E-state index >= 15 is 0 Å². The summed E-state index contributed by atoms with van der Waals surface area (Å²) in [6.07, 6.45) is 0. The van der Waals surface area contributed by atoms with Crippen molar-refractivity contribution >= 4 is 17.8 Å². The zero-order valence-electron chi connectivity index (χ0n) is 10.2. The van der Waals surface area contributed by atoms with Crippen molar-refractivity contribution in [1.82, 2.24) is 4.90 Å². The Bertz CT molecular complexity index is 514. The summed E-state index contributed by atoms with van der Waals surface area (Å²) in [7, 11) is 0. The number of aryl methyl sites for hydroxylation is 1. The van der Waals surface area contributed by atoms with Crippen LogP contribution in [0.3, 0.4) is 0 Å². The molecule has 0 saturated heterocycles. The van der Waals surface area contributed by atoms with Crippen LogP contribution in [0.1, 0.15) is 15.9 Å². The average Bonchev–Trinajstić information content (AvgIpc) is 2.29. The number of hydrogen-bond acceptors (Lipinski definition) is 3. The topological polar surface area (TPSA) is 101 Å². The lowest BCUT2D eigenvalue weighted by Crippen LogP contribution is -2.41. The van der Waals surface area contributed by atoms with Gasteiger partial charge < -0.3 is 15.7 Å². The van der Waals surface area contributed by atoms with Crippen molar-refractivity contribution in [3.8, 4) is 0 Å². The fraction of sp³-hybridized carbons (Fsp3) is 0.250. The predicted molar refractivity (Wildman–Crippen MR) is 63.9 cm³/mol. The molecule has 3 N–H and O–H groups in total. The molecule has 0 bridgehead atoms. The van der Waals surface area contributed by atoms with E-state index in [1.807, 2.05) is 0 Å². The van der Waals surface area contributed by atoms with Crippen molar-refractivity contribution in [2.45, 2.75) is 6.92 Å². The van der Waals surface area contributed by atoms with E-state index in [1.165, 1.54) is 12.1 Å². The molecule has 0 spiro atoms. The zero-order chi connectivity index (χ0) is 14.6. The number of halogens is 1. The summed E-state index contributed by atoms with van der Waals surface area (Å²) < 4.78 is 13.1. The number of hydrogen-bond donors (Lipinski definition) is 2. The van der Waals surface area contributed by atoms with E-state index in [0.717, 1.165) is 11.0 Å². The first-order valence-corrected chi connectivity index (χ1v) is 5.36. The van der Waals surface area contributed by atoms with Crippen LogP contribution in [0, 0.1) is 12.7 Å². The zero-order valence-corrected chi connectivity index (χ0v) is 10.2. The van der Waals surface area contributed by atoms with E-state index in [2.05, 4.69) is 0 Å².